The monoisotopic (exact) mass is 302 g/mol. The van der Waals surface area contributed by atoms with Gasteiger partial charge in [0, 0.05) is 18.7 Å². The molecule has 1 aliphatic rings. The van der Waals surface area contributed by atoms with Gasteiger partial charge >= 0.3 is 6.61 Å². The molecule has 1 aromatic carbocycles. The first kappa shape index (κ1) is 15.8. The molecule has 0 amide bonds. The second kappa shape index (κ2) is 6.91. The van der Waals surface area contributed by atoms with E-state index in [2.05, 4.69) is 17.0 Å². The molecule has 0 aliphatic heterocycles. The summed E-state index contributed by atoms with van der Waals surface area (Å²) >= 11 is 0. The van der Waals surface area contributed by atoms with E-state index < -0.39 is 18.2 Å². The first-order valence-electron chi connectivity index (χ1n) is 7.25. The van der Waals surface area contributed by atoms with Gasteiger partial charge in [0.05, 0.1) is 11.4 Å². The first-order chi connectivity index (χ1) is 9.97. The number of benzene rings is 1. The number of hydrogen-bond acceptors (Lipinski definition) is 3. The summed E-state index contributed by atoms with van der Waals surface area (Å²) in [7, 11) is 0. The van der Waals surface area contributed by atoms with E-state index >= 15 is 0 Å². The van der Waals surface area contributed by atoms with Gasteiger partial charge in [-0.05, 0) is 18.3 Å². The lowest BCUT2D eigenvalue weighted by Crippen LogP contribution is -2.24. The highest BCUT2D eigenvalue weighted by Crippen LogP contribution is 2.32. The molecule has 0 saturated heterocycles. The average Bonchev–Trinajstić information content (AvgIpc) is 2.41. The lowest BCUT2D eigenvalue weighted by Gasteiger charge is -2.29. The largest absolute Gasteiger partial charge is 0.432 e. The Hall–Kier alpha value is -1.59. The maximum absolute atomic E-state index is 13.5. The molecular formula is C15H21F3N2O. The van der Waals surface area contributed by atoms with Crippen LogP contribution in [0, 0.1) is 17.7 Å². The first-order valence-corrected chi connectivity index (χ1v) is 7.25. The van der Waals surface area contributed by atoms with Crippen molar-refractivity contribution in [2.45, 2.75) is 39.2 Å². The van der Waals surface area contributed by atoms with Gasteiger partial charge in [0.2, 0.25) is 0 Å². The van der Waals surface area contributed by atoms with Crippen LogP contribution in [0.15, 0.2) is 12.1 Å². The van der Waals surface area contributed by atoms with Crippen LogP contribution in [-0.2, 0) is 0 Å². The number of nitrogens with one attached hydrogen (secondary N) is 1. The third-order valence-electron chi connectivity index (χ3n) is 4.16. The number of alkyl halides is 2. The van der Waals surface area contributed by atoms with Crippen molar-refractivity contribution in [3.05, 3.63) is 17.9 Å². The minimum atomic E-state index is -3.06. The van der Waals surface area contributed by atoms with Crippen molar-refractivity contribution in [3.8, 4) is 5.75 Å². The van der Waals surface area contributed by atoms with Crippen molar-refractivity contribution >= 4 is 11.4 Å². The van der Waals surface area contributed by atoms with Gasteiger partial charge in [-0.3, -0.25) is 0 Å². The summed E-state index contributed by atoms with van der Waals surface area (Å²) in [5.74, 6) is -0.241. The van der Waals surface area contributed by atoms with E-state index in [1.165, 1.54) is 25.3 Å². The van der Waals surface area contributed by atoms with Crippen LogP contribution in [0.5, 0.6) is 5.75 Å². The summed E-state index contributed by atoms with van der Waals surface area (Å²) in [5.41, 5.74) is 6.35. The molecule has 0 spiro atoms. The van der Waals surface area contributed by atoms with Gasteiger partial charge in [-0.1, -0.05) is 26.2 Å². The molecule has 3 nitrogen and oxygen atoms in total. The molecule has 118 valence electrons. The minimum absolute atomic E-state index is 0.192. The van der Waals surface area contributed by atoms with E-state index in [-0.39, 0.29) is 5.69 Å². The summed E-state index contributed by atoms with van der Waals surface area (Å²) in [4.78, 5) is 0. The predicted octanol–water partition coefficient (Wildman–Crippen LogP) is 4.25. The van der Waals surface area contributed by atoms with Crippen molar-refractivity contribution in [2.24, 2.45) is 11.8 Å². The van der Waals surface area contributed by atoms with E-state index in [0.717, 1.165) is 12.5 Å². The summed E-state index contributed by atoms with van der Waals surface area (Å²) in [6, 6.07) is 2.20. The van der Waals surface area contributed by atoms with Crippen LogP contribution in [0.25, 0.3) is 0 Å². The van der Waals surface area contributed by atoms with E-state index in [4.69, 9.17) is 5.73 Å². The minimum Gasteiger partial charge on any atom is -0.432 e. The van der Waals surface area contributed by atoms with Gasteiger partial charge in [-0.25, -0.2) is 4.39 Å². The zero-order chi connectivity index (χ0) is 15.4. The van der Waals surface area contributed by atoms with Crippen LogP contribution >= 0.6 is 0 Å². The van der Waals surface area contributed by atoms with E-state index in [1.54, 1.807) is 0 Å². The number of ether oxygens (including phenoxy) is 1. The van der Waals surface area contributed by atoms with Crippen molar-refractivity contribution < 1.29 is 17.9 Å². The molecule has 0 heterocycles. The van der Waals surface area contributed by atoms with Gasteiger partial charge in [-0.2, -0.15) is 8.78 Å². The maximum atomic E-state index is 13.5. The van der Waals surface area contributed by atoms with Gasteiger partial charge in [0.1, 0.15) is 0 Å². The van der Waals surface area contributed by atoms with Gasteiger partial charge in [0.15, 0.2) is 11.6 Å². The molecule has 1 aromatic rings. The number of anilines is 2. The Morgan fingerprint density at radius 1 is 1.33 bits per heavy atom. The molecule has 1 fully saturated rings. The predicted molar refractivity (Wildman–Crippen MR) is 77.1 cm³/mol. The molecule has 6 heteroatoms. The molecule has 0 bridgehead atoms. The SMILES string of the molecule is CC1CCCCC1CNc1cc(OC(F)F)c(F)cc1N. The Bertz CT molecular complexity index is 482. The Labute approximate surface area is 122 Å². The molecule has 21 heavy (non-hydrogen) atoms. The van der Waals surface area contributed by atoms with Crippen molar-refractivity contribution in [1.29, 1.82) is 0 Å². The van der Waals surface area contributed by atoms with Crippen LogP contribution in [0.3, 0.4) is 0 Å². The fraction of sp³-hybridized carbons (Fsp3) is 0.600. The van der Waals surface area contributed by atoms with E-state index in [0.29, 0.717) is 24.1 Å². The highest BCUT2D eigenvalue weighted by atomic mass is 19.3. The number of halogens is 3. The third-order valence-corrected chi connectivity index (χ3v) is 4.16. The number of nitrogen functional groups attached to an aromatic ring is 1. The molecule has 0 radical (unpaired) electrons. The van der Waals surface area contributed by atoms with Crippen LogP contribution in [0.1, 0.15) is 32.6 Å². The molecule has 1 saturated carbocycles. The lowest BCUT2D eigenvalue weighted by atomic mass is 9.80. The highest BCUT2D eigenvalue weighted by Gasteiger charge is 2.21. The second-order valence-corrected chi connectivity index (χ2v) is 5.65. The second-order valence-electron chi connectivity index (χ2n) is 5.65. The van der Waals surface area contributed by atoms with Crippen molar-refractivity contribution in [3.63, 3.8) is 0 Å². The third kappa shape index (κ3) is 4.19. The number of nitrogens with two attached hydrogens (primary N) is 1. The summed E-state index contributed by atoms with van der Waals surface area (Å²) in [5, 5.41) is 3.14. The molecule has 2 unspecified atom stereocenters. The van der Waals surface area contributed by atoms with Gasteiger partial charge < -0.3 is 15.8 Å². The van der Waals surface area contributed by atoms with Crippen LogP contribution in [0.4, 0.5) is 24.5 Å². The lowest BCUT2D eigenvalue weighted by molar-refractivity contribution is -0.0521. The van der Waals surface area contributed by atoms with Crippen molar-refractivity contribution in [2.75, 3.05) is 17.6 Å². The Kier molecular flexibility index (Phi) is 5.20. The standard InChI is InChI=1S/C15H21F3N2O/c1-9-4-2-3-5-10(9)8-20-13-7-14(21-15(17)18)11(16)6-12(13)19/h6-7,9-10,15,20H,2-5,8,19H2,1H3. The maximum Gasteiger partial charge on any atom is 0.387 e. The average molecular weight is 302 g/mol. The molecule has 0 aromatic heterocycles. The Balaban J connectivity index is 2.04. The zero-order valence-corrected chi connectivity index (χ0v) is 12.0. The quantitative estimate of drug-likeness (QED) is 0.799. The zero-order valence-electron chi connectivity index (χ0n) is 12.0. The smallest absolute Gasteiger partial charge is 0.387 e. The molecule has 3 N–H and O–H groups in total. The van der Waals surface area contributed by atoms with E-state index in [9.17, 15) is 13.2 Å². The number of rotatable bonds is 5. The van der Waals surface area contributed by atoms with Crippen LogP contribution in [0.2, 0.25) is 0 Å². The fourth-order valence-electron chi connectivity index (χ4n) is 2.85. The van der Waals surface area contributed by atoms with Gasteiger partial charge in [0.25, 0.3) is 0 Å². The van der Waals surface area contributed by atoms with Gasteiger partial charge in [-0.15, -0.1) is 0 Å². The van der Waals surface area contributed by atoms with E-state index in [1.807, 2.05) is 0 Å². The van der Waals surface area contributed by atoms with Crippen LogP contribution in [-0.4, -0.2) is 13.2 Å². The molecular weight excluding hydrogens is 281 g/mol. The van der Waals surface area contributed by atoms with Crippen molar-refractivity contribution in [1.82, 2.24) is 0 Å². The molecule has 2 atom stereocenters. The number of hydrogen-bond donors (Lipinski definition) is 2. The fourth-order valence-corrected chi connectivity index (χ4v) is 2.85. The topological polar surface area (TPSA) is 47.3 Å². The summed E-state index contributed by atoms with van der Waals surface area (Å²) in [6.45, 7) is -0.148. The highest BCUT2D eigenvalue weighted by molar-refractivity contribution is 5.68. The summed E-state index contributed by atoms with van der Waals surface area (Å²) < 4.78 is 42.1. The Morgan fingerprint density at radius 3 is 2.71 bits per heavy atom. The Morgan fingerprint density at radius 2 is 2.05 bits per heavy atom. The van der Waals surface area contributed by atoms with Crippen LogP contribution < -0.4 is 15.8 Å². The molecule has 2 rings (SSSR count). The normalized spacial score (nSPS) is 22.3. The molecule has 1 aliphatic carbocycles. The summed E-state index contributed by atoms with van der Waals surface area (Å²) in [6.07, 6.45) is 4.79.